The quantitative estimate of drug-likeness (QED) is 0.455. The summed E-state index contributed by atoms with van der Waals surface area (Å²) in [6.45, 7) is -0.361. The van der Waals surface area contributed by atoms with Crippen molar-refractivity contribution in [3.8, 4) is 11.5 Å². The zero-order valence-electron chi connectivity index (χ0n) is 11.9. The van der Waals surface area contributed by atoms with Crippen molar-refractivity contribution in [1.29, 1.82) is 0 Å². The SMILES string of the molecule is CS(=O)(=O)OCc1cc(Oc2ccc(F)cc2)cc([N+](=O)[O-])c1. The Morgan fingerprint density at radius 2 is 1.78 bits per heavy atom. The molecule has 0 saturated heterocycles. The molecule has 2 rings (SSSR count). The molecule has 0 fully saturated rings. The van der Waals surface area contributed by atoms with Crippen molar-refractivity contribution in [3.63, 3.8) is 0 Å². The molecule has 0 amide bonds. The highest BCUT2D eigenvalue weighted by molar-refractivity contribution is 7.85. The topological polar surface area (TPSA) is 95.7 Å². The normalized spacial score (nSPS) is 11.2. The molecule has 9 heteroatoms. The fraction of sp³-hybridized carbons (Fsp3) is 0.143. The Bertz CT molecular complexity index is 820. The first-order valence-electron chi connectivity index (χ1n) is 6.29. The highest BCUT2D eigenvalue weighted by atomic mass is 32.2. The summed E-state index contributed by atoms with van der Waals surface area (Å²) >= 11 is 0. The third-order valence-electron chi connectivity index (χ3n) is 2.65. The first-order valence-corrected chi connectivity index (χ1v) is 8.11. The number of nitrogens with zero attached hydrogens (tertiary/aromatic N) is 1. The van der Waals surface area contributed by atoms with Crippen LogP contribution in [-0.2, 0) is 20.9 Å². The maximum absolute atomic E-state index is 12.9. The van der Waals surface area contributed by atoms with E-state index in [1.807, 2.05) is 0 Å². The zero-order valence-corrected chi connectivity index (χ0v) is 12.7. The average molecular weight is 341 g/mol. The molecule has 0 aromatic heterocycles. The lowest BCUT2D eigenvalue weighted by atomic mass is 10.2. The summed E-state index contributed by atoms with van der Waals surface area (Å²) in [7, 11) is -3.68. The fourth-order valence-corrected chi connectivity index (χ4v) is 2.06. The molecule has 0 radical (unpaired) electrons. The second-order valence-corrected chi connectivity index (χ2v) is 6.26. The van der Waals surface area contributed by atoms with Gasteiger partial charge in [-0.3, -0.25) is 14.3 Å². The Morgan fingerprint density at radius 3 is 2.35 bits per heavy atom. The number of hydrogen-bond acceptors (Lipinski definition) is 6. The summed E-state index contributed by atoms with van der Waals surface area (Å²) in [5.41, 5.74) is -0.0292. The lowest BCUT2D eigenvalue weighted by Crippen LogP contribution is -2.03. The third kappa shape index (κ3) is 5.31. The number of halogens is 1. The predicted octanol–water partition coefficient (Wildman–Crippen LogP) is 3.00. The molecule has 0 N–H and O–H groups in total. The molecule has 0 aliphatic carbocycles. The van der Waals surface area contributed by atoms with Crippen molar-refractivity contribution < 1.29 is 26.7 Å². The van der Waals surface area contributed by atoms with Crippen molar-refractivity contribution in [3.05, 3.63) is 64.0 Å². The first-order chi connectivity index (χ1) is 10.7. The molecule has 7 nitrogen and oxygen atoms in total. The predicted molar refractivity (Wildman–Crippen MR) is 79.2 cm³/mol. The largest absolute Gasteiger partial charge is 0.457 e. The summed E-state index contributed by atoms with van der Waals surface area (Å²) in [5.74, 6) is -0.0570. The van der Waals surface area contributed by atoms with Crippen LogP contribution in [0.25, 0.3) is 0 Å². The Kier molecular flexibility index (Phi) is 4.92. The Morgan fingerprint density at radius 1 is 1.13 bits per heavy atom. The van der Waals surface area contributed by atoms with Crippen molar-refractivity contribution in [1.82, 2.24) is 0 Å². The molecule has 2 aromatic carbocycles. The van der Waals surface area contributed by atoms with Crippen LogP contribution < -0.4 is 4.74 Å². The van der Waals surface area contributed by atoms with Gasteiger partial charge < -0.3 is 4.74 Å². The van der Waals surface area contributed by atoms with Crippen LogP contribution >= 0.6 is 0 Å². The monoisotopic (exact) mass is 341 g/mol. The number of nitro groups is 1. The van der Waals surface area contributed by atoms with E-state index in [2.05, 4.69) is 4.18 Å². The number of rotatable bonds is 6. The molecule has 0 bridgehead atoms. The van der Waals surface area contributed by atoms with Crippen LogP contribution in [0.15, 0.2) is 42.5 Å². The lowest BCUT2D eigenvalue weighted by molar-refractivity contribution is -0.385. The number of hydrogen-bond donors (Lipinski definition) is 0. The highest BCUT2D eigenvalue weighted by Gasteiger charge is 2.13. The van der Waals surface area contributed by atoms with Crippen LogP contribution in [0.5, 0.6) is 11.5 Å². The standard InChI is InChI=1S/C14H12FNO6S/c1-23(19,20)21-9-10-6-12(16(17)18)8-14(7-10)22-13-4-2-11(15)3-5-13/h2-8H,9H2,1H3. The van der Waals surface area contributed by atoms with Crippen LogP contribution in [0.4, 0.5) is 10.1 Å². The van der Waals surface area contributed by atoms with E-state index >= 15 is 0 Å². The van der Waals surface area contributed by atoms with E-state index in [1.165, 1.54) is 42.5 Å². The van der Waals surface area contributed by atoms with E-state index in [0.29, 0.717) is 0 Å². The summed E-state index contributed by atoms with van der Waals surface area (Å²) in [4.78, 5) is 10.3. The summed E-state index contributed by atoms with van der Waals surface area (Å²) in [6.07, 6.45) is 0.875. The van der Waals surface area contributed by atoms with Gasteiger partial charge in [-0.15, -0.1) is 0 Å². The van der Waals surface area contributed by atoms with Gasteiger partial charge in [-0.2, -0.15) is 8.42 Å². The number of non-ortho nitro benzene ring substituents is 1. The molecule has 0 spiro atoms. The van der Waals surface area contributed by atoms with Crippen LogP contribution in [0.3, 0.4) is 0 Å². The third-order valence-corrected chi connectivity index (χ3v) is 3.20. The van der Waals surface area contributed by atoms with Gasteiger partial charge in [-0.05, 0) is 35.9 Å². The molecule has 23 heavy (non-hydrogen) atoms. The van der Waals surface area contributed by atoms with Crippen molar-refractivity contribution in [2.45, 2.75) is 6.61 Å². The van der Waals surface area contributed by atoms with Gasteiger partial charge in [0.05, 0.1) is 23.9 Å². The van der Waals surface area contributed by atoms with E-state index in [0.717, 1.165) is 6.26 Å². The summed E-state index contributed by atoms with van der Waals surface area (Å²) in [5, 5.41) is 10.9. The van der Waals surface area contributed by atoms with E-state index in [9.17, 15) is 22.9 Å². The smallest absolute Gasteiger partial charge is 0.273 e. The van der Waals surface area contributed by atoms with Crippen molar-refractivity contribution in [2.24, 2.45) is 0 Å². The zero-order chi connectivity index (χ0) is 17.0. The van der Waals surface area contributed by atoms with Crippen LogP contribution in [0.2, 0.25) is 0 Å². The van der Waals surface area contributed by atoms with Gasteiger partial charge in [0.15, 0.2) is 0 Å². The molecule has 0 heterocycles. The van der Waals surface area contributed by atoms with Gasteiger partial charge in [0, 0.05) is 6.07 Å². The minimum Gasteiger partial charge on any atom is -0.457 e. The van der Waals surface area contributed by atoms with E-state index in [1.54, 1.807) is 0 Å². The Balaban J connectivity index is 2.28. The molecule has 0 unspecified atom stereocenters. The molecule has 122 valence electrons. The second-order valence-electron chi connectivity index (χ2n) is 4.61. The van der Waals surface area contributed by atoms with Crippen LogP contribution in [0.1, 0.15) is 5.56 Å². The van der Waals surface area contributed by atoms with E-state index < -0.39 is 20.9 Å². The minimum absolute atomic E-state index is 0.109. The maximum Gasteiger partial charge on any atom is 0.273 e. The second kappa shape index (κ2) is 6.71. The highest BCUT2D eigenvalue weighted by Crippen LogP contribution is 2.28. The van der Waals surface area contributed by atoms with E-state index in [-0.39, 0.29) is 29.4 Å². The summed E-state index contributed by atoms with van der Waals surface area (Å²) in [6, 6.07) is 8.85. The maximum atomic E-state index is 12.9. The number of benzene rings is 2. The van der Waals surface area contributed by atoms with Gasteiger partial charge >= 0.3 is 0 Å². The van der Waals surface area contributed by atoms with Crippen LogP contribution in [-0.4, -0.2) is 19.6 Å². The minimum atomic E-state index is -3.68. The molecule has 0 saturated carbocycles. The molecule has 0 atom stereocenters. The average Bonchev–Trinajstić information content (AvgIpc) is 2.47. The lowest BCUT2D eigenvalue weighted by Gasteiger charge is -2.08. The van der Waals surface area contributed by atoms with Gasteiger partial charge in [-0.25, -0.2) is 4.39 Å². The van der Waals surface area contributed by atoms with Gasteiger partial charge in [0.25, 0.3) is 15.8 Å². The molecular weight excluding hydrogens is 329 g/mol. The molecule has 0 aliphatic rings. The number of ether oxygens (including phenoxy) is 1. The Hall–Kier alpha value is -2.52. The molecule has 0 aliphatic heterocycles. The van der Waals surface area contributed by atoms with Gasteiger partial charge in [0.1, 0.15) is 17.3 Å². The van der Waals surface area contributed by atoms with Gasteiger partial charge in [0.2, 0.25) is 0 Å². The van der Waals surface area contributed by atoms with Gasteiger partial charge in [-0.1, -0.05) is 0 Å². The van der Waals surface area contributed by atoms with Crippen LogP contribution in [0, 0.1) is 15.9 Å². The summed E-state index contributed by atoms with van der Waals surface area (Å²) < 4.78 is 44.9. The Labute approximate surface area is 131 Å². The molecular formula is C14H12FNO6S. The number of nitro benzene ring substituents is 1. The van der Waals surface area contributed by atoms with Crippen molar-refractivity contribution >= 4 is 15.8 Å². The fourth-order valence-electron chi connectivity index (χ4n) is 1.70. The molecule has 2 aromatic rings. The van der Waals surface area contributed by atoms with Crippen molar-refractivity contribution in [2.75, 3.05) is 6.26 Å². The van der Waals surface area contributed by atoms with E-state index in [4.69, 9.17) is 4.74 Å². The first kappa shape index (κ1) is 16.8.